The maximum atomic E-state index is 11.5. The number of anilines is 4. The van der Waals surface area contributed by atoms with Gasteiger partial charge in [0, 0.05) is 33.3 Å². The monoisotopic (exact) mass is 881 g/mol. The van der Waals surface area contributed by atoms with Crippen molar-refractivity contribution in [3.8, 4) is 0 Å². The van der Waals surface area contributed by atoms with Crippen LogP contribution < -0.4 is 21.3 Å². The van der Waals surface area contributed by atoms with E-state index in [2.05, 4.69) is 174 Å². The van der Waals surface area contributed by atoms with Crippen LogP contribution in [0.1, 0.15) is 143 Å². The Morgan fingerprint density at radius 3 is 1.78 bits per heavy atom. The largest absolute Gasteiger partial charge is 0.373 e. The van der Waals surface area contributed by atoms with Crippen molar-refractivity contribution >= 4 is 44.3 Å². The Bertz CT molecular complexity index is 2360. The molecule has 5 aromatic rings. The lowest BCUT2D eigenvalue weighted by atomic mass is 9.87. The number of allylic oxidation sites excluding steroid dienone is 3. The van der Waals surface area contributed by atoms with Crippen LogP contribution in [0.15, 0.2) is 114 Å². The summed E-state index contributed by atoms with van der Waals surface area (Å²) < 4.78 is 11.9. The van der Waals surface area contributed by atoms with Gasteiger partial charge in [-0.15, -0.1) is 0 Å². The minimum Gasteiger partial charge on any atom is -0.373 e. The average molecular weight is 881 g/mol. The van der Waals surface area contributed by atoms with E-state index in [9.17, 15) is 5.11 Å². The summed E-state index contributed by atoms with van der Waals surface area (Å²) in [4.78, 5) is 0. The number of hydrogen-bond acceptors (Lipinski definition) is 7. The maximum Gasteiger partial charge on any atom is 0.129 e. The molecule has 0 fully saturated rings. The van der Waals surface area contributed by atoms with E-state index < -0.39 is 6.23 Å². The molecule has 350 valence electrons. The fourth-order valence-corrected chi connectivity index (χ4v) is 8.72. The molecule has 1 atom stereocenters. The Morgan fingerprint density at radius 2 is 1.20 bits per heavy atom. The van der Waals surface area contributed by atoms with Crippen molar-refractivity contribution in [2.75, 3.05) is 35.9 Å². The first-order chi connectivity index (χ1) is 31.4. The van der Waals surface area contributed by atoms with Crippen LogP contribution in [0.2, 0.25) is 0 Å². The first kappa shape index (κ1) is 49.6. The van der Waals surface area contributed by atoms with E-state index in [-0.39, 0.29) is 11.0 Å². The Morgan fingerprint density at radius 1 is 0.615 bits per heavy atom. The predicted molar refractivity (Wildman–Crippen MR) is 278 cm³/mol. The van der Waals surface area contributed by atoms with Crippen molar-refractivity contribution in [2.45, 2.75) is 157 Å². The van der Waals surface area contributed by atoms with Crippen molar-refractivity contribution in [1.29, 1.82) is 0 Å². The van der Waals surface area contributed by atoms with E-state index in [4.69, 9.17) is 9.47 Å². The second kappa shape index (κ2) is 24.1. The van der Waals surface area contributed by atoms with Gasteiger partial charge < -0.3 is 35.8 Å². The summed E-state index contributed by atoms with van der Waals surface area (Å²) in [5.41, 5.74) is 11.1. The Labute approximate surface area is 391 Å². The fraction of sp³-hybridized carbons (Fsp3) is 0.483. The third-order valence-corrected chi connectivity index (χ3v) is 13.1. The van der Waals surface area contributed by atoms with Crippen LogP contribution in [0.25, 0.3) is 21.5 Å². The third-order valence-electron chi connectivity index (χ3n) is 13.1. The molecule has 0 aliphatic heterocycles. The van der Waals surface area contributed by atoms with Gasteiger partial charge in [-0.25, -0.2) is 0 Å². The zero-order valence-corrected chi connectivity index (χ0v) is 41.1. The normalized spacial score (nSPS) is 13.9. The van der Waals surface area contributed by atoms with Gasteiger partial charge in [-0.2, -0.15) is 0 Å². The summed E-state index contributed by atoms with van der Waals surface area (Å²) in [5, 5.41) is 31.5. The first-order valence-electron chi connectivity index (χ1n) is 24.9. The lowest BCUT2D eigenvalue weighted by Gasteiger charge is -2.33. The van der Waals surface area contributed by atoms with Crippen molar-refractivity contribution < 1.29 is 14.6 Å². The number of rotatable bonds is 26. The van der Waals surface area contributed by atoms with Gasteiger partial charge in [-0.05, 0) is 130 Å². The molecule has 6 rings (SSSR count). The molecule has 1 aliphatic carbocycles. The third kappa shape index (κ3) is 14.3. The smallest absolute Gasteiger partial charge is 0.129 e. The second-order valence-electron chi connectivity index (χ2n) is 19.8. The molecule has 1 aliphatic rings. The molecule has 65 heavy (non-hydrogen) atoms. The molecule has 0 aromatic heterocycles. The van der Waals surface area contributed by atoms with Crippen LogP contribution in [-0.2, 0) is 28.7 Å². The molecule has 0 amide bonds. The summed E-state index contributed by atoms with van der Waals surface area (Å²) in [6.45, 7) is 18.5. The van der Waals surface area contributed by atoms with Crippen LogP contribution >= 0.6 is 0 Å². The predicted octanol–water partition coefficient (Wildman–Crippen LogP) is 15.1. The van der Waals surface area contributed by atoms with Crippen molar-refractivity contribution in [2.24, 2.45) is 5.41 Å². The van der Waals surface area contributed by atoms with Crippen LogP contribution in [-0.4, -0.2) is 36.9 Å². The molecular weight excluding hydrogens is 801 g/mol. The van der Waals surface area contributed by atoms with Crippen LogP contribution in [0, 0.1) is 5.41 Å². The molecule has 0 saturated carbocycles. The van der Waals surface area contributed by atoms with Gasteiger partial charge in [0.2, 0.25) is 0 Å². The summed E-state index contributed by atoms with van der Waals surface area (Å²) in [6.07, 6.45) is 17.2. The van der Waals surface area contributed by atoms with Gasteiger partial charge in [0.15, 0.2) is 0 Å². The first-order valence-corrected chi connectivity index (χ1v) is 24.9. The summed E-state index contributed by atoms with van der Waals surface area (Å²) >= 11 is 0. The van der Waals surface area contributed by atoms with E-state index in [0.29, 0.717) is 19.9 Å². The van der Waals surface area contributed by atoms with Gasteiger partial charge >= 0.3 is 0 Å². The highest BCUT2D eigenvalue weighted by Crippen LogP contribution is 2.37. The Balaban J connectivity index is 1.30. The molecular formula is C58H80N4O3. The molecule has 0 bridgehead atoms. The standard InChI is InChI=1S/C58H80N4O3/c1-9-12-14-16-22-44-30-34-50(48-26-20-18-24-46(44)48)60-54-39-42(28-32-52(54)59-41-64-36-37-65-57(4,5)6)38-43-29-33-53(62-56(63)58(7,8)11-3)55(40-43)61-51-35-31-45(23-17-15-13-10-2)47-25-19-21-27-49(47)51/h18-21,24-28,30-32,34-35,39-40,56,59-63H,9-17,22-23,29,33,36-38,41H2,1-8H3. The number of fused-ring (bicyclic) bond motifs is 2. The Kier molecular flexibility index (Phi) is 18.4. The molecule has 0 spiro atoms. The van der Waals surface area contributed by atoms with E-state index in [1.54, 1.807) is 0 Å². The van der Waals surface area contributed by atoms with Crippen LogP contribution in [0.5, 0.6) is 0 Å². The SMILES string of the molecule is CCCCCCc1ccc(NC2=C(NC(O)C(C)(C)CC)CCC(Cc3ccc(NCOCCOC(C)(C)C)c(Nc4ccc(CCCCCC)c5ccccc45)c3)=C2)c2ccccc12. The maximum absolute atomic E-state index is 11.5. The molecule has 0 heterocycles. The second-order valence-corrected chi connectivity index (χ2v) is 19.8. The lowest BCUT2D eigenvalue weighted by Crippen LogP contribution is -2.42. The van der Waals surface area contributed by atoms with Gasteiger partial charge in [0.25, 0.3) is 0 Å². The zero-order valence-electron chi connectivity index (χ0n) is 41.1. The van der Waals surface area contributed by atoms with E-state index >= 15 is 0 Å². The highest BCUT2D eigenvalue weighted by atomic mass is 16.5. The lowest BCUT2D eigenvalue weighted by molar-refractivity contribution is -0.0325. The molecule has 0 saturated heterocycles. The van der Waals surface area contributed by atoms with Crippen LogP contribution in [0.4, 0.5) is 22.7 Å². The highest BCUT2D eigenvalue weighted by molar-refractivity contribution is 5.99. The van der Waals surface area contributed by atoms with E-state index in [1.165, 1.54) is 95.2 Å². The van der Waals surface area contributed by atoms with Crippen molar-refractivity contribution in [3.63, 3.8) is 0 Å². The molecule has 5 aromatic carbocycles. The van der Waals surface area contributed by atoms with Crippen molar-refractivity contribution in [1.82, 2.24) is 5.32 Å². The number of aliphatic hydroxyl groups excluding tert-OH is 1. The van der Waals surface area contributed by atoms with Gasteiger partial charge in [0.05, 0.1) is 35.9 Å². The minimum absolute atomic E-state index is 0.198. The number of hydrogen-bond donors (Lipinski definition) is 5. The Hall–Kier alpha value is -4.82. The number of aryl methyl sites for hydroxylation is 2. The molecule has 5 N–H and O–H groups in total. The molecule has 1 unspecified atom stereocenters. The fourth-order valence-electron chi connectivity index (χ4n) is 8.72. The van der Waals surface area contributed by atoms with Gasteiger partial charge in [-0.3, -0.25) is 0 Å². The highest BCUT2D eigenvalue weighted by Gasteiger charge is 2.28. The number of unbranched alkanes of at least 4 members (excludes halogenated alkanes) is 6. The quantitative estimate of drug-likeness (QED) is 0.0279. The van der Waals surface area contributed by atoms with E-state index in [1.807, 2.05) is 0 Å². The van der Waals surface area contributed by atoms with E-state index in [0.717, 1.165) is 72.7 Å². The number of benzene rings is 5. The topological polar surface area (TPSA) is 86.8 Å². The molecule has 0 radical (unpaired) electrons. The zero-order chi connectivity index (χ0) is 46.2. The average Bonchev–Trinajstić information content (AvgIpc) is 3.30. The number of nitrogens with one attached hydrogen (secondary N) is 4. The minimum atomic E-state index is -0.675. The van der Waals surface area contributed by atoms with Crippen LogP contribution in [0.3, 0.4) is 0 Å². The number of aliphatic hydroxyl groups is 1. The molecule has 7 heteroatoms. The summed E-state index contributed by atoms with van der Waals surface area (Å²) in [7, 11) is 0. The summed E-state index contributed by atoms with van der Waals surface area (Å²) in [6, 6.07) is 33.5. The van der Waals surface area contributed by atoms with Crippen molar-refractivity contribution in [3.05, 3.63) is 131 Å². The van der Waals surface area contributed by atoms with Gasteiger partial charge in [-0.1, -0.05) is 145 Å². The number of ether oxygens (including phenoxy) is 2. The molecule has 7 nitrogen and oxygen atoms in total. The summed E-state index contributed by atoms with van der Waals surface area (Å²) in [5.74, 6) is 0. The van der Waals surface area contributed by atoms with Gasteiger partial charge in [0.1, 0.15) is 13.0 Å².